The van der Waals surface area contributed by atoms with Gasteiger partial charge in [-0.25, -0.2) is 0 Å². The van der Waals surface area contributed by atoms with E-state index in [0.717, 1.165) is 5.92 Å². The molecule has 0 aromatic heterocycles. The fourth-order valence-corrected chi connectivity index (χ4v) is 3.76. The van der Waals surface area contributed by atoms with E-state index in [1.165, 1.54) is 69.9 Å². The molecule has 0 aliphatic carbocycles. The maximum absolute atomic E-state index is 3.62. The van der Waals surface area contributed by atoms with Crippen LogP contribution in [-0.2, 0) is 0 Å². The van der Waals surface area contributed by atoms with Crippen LogP contribution in [0.3, 0.4) is 0 Å². The Bertz CT molecular complexity index is 163. The highest BCUT2D eigenvalue weighted by atomic mass is 32.2. The summed E-state index contributed by atoms with van der Waals surface area (Å²) in [5.74, 6) is 3.73. The number of hydrogen-bond acceptors (Lipinski definition) is 3. The Balaban J connectivity index is 1.47. The third-order valence-electron chi connectivity index (χ3n) is 3.51. The van der Waals surface area contributed by atoms with Crippen LogP contribution in [0.4, 0.5) is 0 Å². The Labute approximate surface area is 98.2 Å². The molecule has 1 atom stereocenters. The Kier molecular flexibility index (Phi) is 5.30. The fourth-order valence-electron chi connectivity index (χ4n) is 2.47. The number of nitrogens with zero attached hydrogens (tertiary/aromatic N) is 1. The van der Waals surface area contributed by atoms with Crippen LogP contribution in [0.1, 0.15) is 25.7 Å². The Morgan fingerprint density at radius 2 is 2.07 bits per heavy atom. The first-order chi connectivity index (χ1) is 7.45. The van der Waals surface area contributed by atoms with Crippen molar-refractivity contribution in [2.75, 3.05) is 44.2 Å². The molecule has 2 nitrogen and oxygen atoms in total. The van der Waals surface area contributed by atoms with Gasteiger partial charge in [0.15, 0.2) is 0 Å². The second-order valence-electron chi connectivity index (χ2n) is 4.84. The van der Waals surface area contributed by atoms with Gasteiger partial charge in [-0.1, -0.05) is 6.42 Å². The Morgan fingerprint density at radius 1 is 1.20 bits per heavy atom. The van der Waals surface area contributed by atoms with Crippen molar-refractivity contribution in [3.05, 3.63) is 0 Å². The van der Waals surface area contributed by atoms with Crippen LogP contribution in [0.15, 0.2) is 0 Å². The zero-order chi connectivity index (χ0) is 10.3. The molecule has 1 N–H and O–H groups in total. The van der Waals surface area contributed by atoms with Gasteiger partial charge in [0.25, 0.3) is 0 Å². The van der Waals surface area contributed by atoms with Crippen molar-refractivity contribution in [1.29, 1.82) is 0 Å². The molecule has 2 rings (SSSR count). The van der Waals surface area contributed by atoms with Gasteiger partial charge < -0.3 is 10.2 Å². The van der Waals surface area contributed by atoms with Crippen LogP contribution < -0.4 is 5.32 Å². The summed E-state index contributed by atoms with van der Waals surface area (Å²) in [6, 6.07) is 0. The molecule has 2 aliphatic rings. The van der Waals surface area contributed by atoms with E-state index >= 15 is 0 Å². The second-order valence-corrected chi connectivity index (χ2v) is 5.99. The van der Waals surface area contributed by atoms with Crippen LogP contribution in [0, 0.1) is 5.92 Å². The molecule has 2 heterocycles. The largest absolute Gasteiger partial charge is 0.315 e. The van der Waals surface area contributed by atoms with E-state index in [0.29, 0.717) is 0 Å². The highest BCUT2D eigenvalue weighted by Crippen LogP contribution is 2.22. The second kappa shape index (κ2) is 6.77. The third-order valence-corrected chi connectivity index (χ3v) is 4.74. The maximum atomic E-state index is 3.62. The molecule has 0 saturated carbocycles. The van der Waals surface area contributed by atoms with Crippen molar-refractivity contribution < 1.29 is 0 Å². The minimum Gasteiger partial charge on any atom is -0.315 e. The van der Waals surface area contributed by atoms with Crippen LogP contribution in [0.25, 0.3) is 0 Å². The smallest absolute Gasteiger partial charge is 0.0107 e. The van der Waals surface area contributed by atoms with Gasteiger partial charge in [0.05, 0.1) is 0 Å². The van der Waals surface area contributed by atoms with Gasteiger partial charge in [0.1, 0.15) is 0 Å². The Hall–Kier alpha value is 0.270. The lowest BCUT2D eigenvalue weighted by Crippen LogP contribution is -2.37. The zero-order valence-electron chi connectivity index (χ0n) is 9.71. The average molecular weight is 228 g/mol. The van der Waals surface area contributed by atoms with Gasteiger partial charge in [-0.15, -0.1) is 0 Å². The van der Waals surface area contributed by atoms with Gasteiger partial charge >= 0.3 is 0 Å². The van der Waals surface area contributed by atoms with Crippen molar-refractivity contribution in [3.8, 4) is 0 Å². The lowest BCUT2D eigenvalue weighted by Gasteiger charge is -2.26. The highest BCUT2D eigenvalue weighted by Gasteiger charge is 2.14. The minimum atomic E-state index is 0.955. The summed E-state index contributed by atoms with van der Waals surface area (Å²) < 4.78 is 0. The zero-order valence-corrected chi connectivity index (χ0v) is 10.5. The molecule has 0 radical (unpaired) electrons. The maximum Gasteiger partial charge on any atom is 0.0107 e. The molecule has 1 unspecified atom stereocenters. The van der Waals surface area contributed by atoms with E-state index in [-0.39, 0.29) is 0 Å². The number of piperidine rings is 1. The molecule has 0 amide bonds. The van der Waals surface area contributed by atoms with Crippen LogP contribution in [0.5, 0.6) is 0 Å². The van der Waals surface area contributed by atoms with Gasteiger partial charge in [0, 0.05) is 13.1 Å². The number of nitrogens with one attached hydrogen (secondary N) is 1. The van der Waals surface area contributed by atoms with Gasteiger partial charge in [-0.2, -0.15) is 11.8 Å². The molecule has 2 aliphatic heterocycles. The van der Waals surface area contributed by atoms with E-state index < -0.39 is 0 Å². The first kappa shape index (κ1) is 11.7. The predicted octanol–water partition coefficient (Wildman–Crippen LogP) is 1.81. The molecule has 3 heteroatoms. The summed E-state index contributed by atoms with van der Waals surface area (Å²) in [7, 11) is 0. The minimum absolute atomic E-state index is 0.955. The van der Waals surface area contributed by atoms with Crippen LogP contribution >= 0.6 is 11.8 Å². The molecule has 0 bridgehead atoms. The van der Waals surface area contributed by atoms with Crippen molar-refractivity contribution in [1.82, 2.24) is 10.2 Å². The van der Waals surface area contributed by atoms with E-state index in [1.807, 2.05) is 0 Å². The molecule has 2 saturated heterocycles. The first-order valence-electron chi connectivity index (χ1n) is 6.46. The lowest BCUT2D eigenvalue weighted by molar-refractivity contribution is 0.228. The summed E-state index contributed by atoms with van der Waals surface area (Å²) in [5.41, 5.74) is 0. The van der Waals surface area contributed by atoms with Crippen LogP contribution in [0.2, 0.25) is 0 Å². The fraction of sp³-hybridized carbons (Fsp3) is 1.00. The summed E-state index contributed by atoms with van der Waals surface area (Å²) in [5, 5.41) is 3.62. The normalized spacial score (nSPS) is 28.4. The quantitative estimate of drug-likeness (QED) is 0.723. The van der Waals surface area contributed by atoms with Gasteiger partial charge in [-0.05, 0) is 56.3 Å². The molecular formula is C12H24N2S. The summed E-state index contributed by atoms with van der Waals surface area (Å²) >= 11 is 2.12. The van der Waals surface area contributed by atoms with Crippen LogP contribution in [-0.4, -0.2) is 49.1 Å². The number of hydrogen-bond donors (Lipinski definition) is 1. The SMILES string of the molecule is C1CCN(CCNCC2CCSC2)CC1. The monoisotopic (exact) mass is 228 g/mol. The summed E-state index contributed by atoms with van der Waals surface area (Å²) in [6.45, 7) is 6.38. The van der Waals surface area contributed by atoms with Crippen molar-refractivity contribution in [2.45, 2.75) is 25.7 Å². The highest BCUT2D eigenvalue weighted by molar-refractivity contribution is 7.99. The number of likely N-dealkylation sites (tertiary alicyclic amines) is 1. The van der Waals surface area contributed by atoms with E-state index in [4.69, 9.17) is 0 Å². The predicted molar refractivity (Wildman–Crippen MR) is 68.6 cm³/mol. The molecule has 0 spiro atoms. The third kappa shape index (κ3) is 4.33. The Morgan fingerprint density at radius 3 is 2.80 bits per heavy atom. The van der Waals surface area contributed by atoms with E-state index in [1.54, 1.807) is 0 Å². The molecule has 0 aromatic carbocycles. The van der Waals surface area contributed by atoms with Gasteiger partial charge in [0.2, 0.25) is 0 Å². The molecular weight excluding hydrogens is 204 g/mol. The number of rotatable bonds is 5. The standard InChI is InChI=1S/C12H24N2S/c1-2-6-14(7-3-1)8-5-13-10-12-4-9-15-11-12/h12-13H,1-11H2. The van der Waals surface area contributed by atoms with Crippen molar-refractivity contribution >= 4 is 11.8 Å². The molecule has 2 fully saturated rings. The topological polar surface area (TPSA) is 15.3 Å². The molecule has 88 valence electrons. The van der Waals surface area contributed by atoms with Crippen molar-refractivity contribution in [3.63, 3.8) is 0 Å². The molecule has 0 aromatic rings. The summed E-state index contributed by atoms with van der Waals surface area (Å²) in [4.78, 5) is 2.61. The van der Waals surface area contributed by atoms with E-state index in [2.05, 4.69) is 22.0 Å². The van der Waals surface area contributed by atoms with Crippen molar-refractivity contribution in [2.24, 2.45) is 5.92 Å². The number of thioether (sulfide) groups is 1. The average Bonchev–Trinajstić information content (AvgIpc) is 2.79. The summed E-state index contributed by atoms with van der Waals surface area (Å²) in [6.07, 6.45) is 5.71. The lowest BCUT2D eigenvalue weighted by atomic mass is 10.1. The molecule has 15 heavy (non-hydrogen) atoms. The first-order valence-corrected chi connectivity index (χ1v) is 7.61. The van der Waals surface area contributed by atoms with Gasteiger partial charge in [-0.3, -0.25) is 0 Å². The van der Waals surface area contributed by atoms with E-state index in [9.17, 15) is 0 Å².